The van der Waals surface area contributed by atoms with E-state index in [0.717, 1.165) is 27.0 Å². The summed E-state index contributed by atoms with van der Waals surface area (Å²) in [4.78, 5) is 107. The number of nitrogen functional groups attached to an aromatic ring is 1. The van der Waals surface area contributed by atoms with Crippen molar-refractivity contribution in [3.05, 3.63) is 114 Å². The Hall–Kier alpha value is -3.59. The zero-order valence-corrected chi connectivity index (χ0v) is 62.3. The van der Waals surface area contributed by atoms with Gasteiger partial charge in [0.2, 0.25) is 5.95 Å². The first-order valence-electron chi connectivity index (χ1n) is 29.6. The van der Waals surface area contributed by atoms with Crippen molar-refractivity contribution < 1.29 is 102 Å². The number of aromatic amines is 4. The second-order valence-electron chi connectivity index (χ2n) is 22.7. The molecule has 19 atom stereocenters. The second kappa shape index (κ2) is 32.8. The number of fused-ring (bicyclic) bond motifs is 1. The molecule has 0 aromatic carbocycles. The van der Waals surface area contributed by atoms with E-state index in [1.807, 2.05) is 0 Å². The lowest BCUT2D eigenvalue weighted by atomic mass is 10.1. The fourth-order valence-corrected chi connectivity index (χ4v) is 19.2. The van der Waals surface area contributed by atoms with Crippen molar-refractivity contribution in [3.8, 4) is 0 Å². The van der Waals surface area contributed by atoms with Crippen LogP contribution < -0.4 is 45.0 Å². The predicted octanol–water partition coefficient (Wildman–Crippen LogP) is 3.73. The van der Waals surface area contributed by atoms with Gasteiger partial charge in [-0.15, -0.1) is 0 Å². The number of nitrogens with two attached hydrogens (primary N) is 1. The number of imidazole rings is 1. The van der Waals surface area contributed by atoms with Crippen LogP contribution in [0, 0.1) is 20.8 Å². The summed E-state index contributed by atoms with van der Waals surface area (Å²) in [7, 11) is 2.36. The molecule has 9 unspecified atom stereocenters. The van der Waals surface area contributed by atoms with Crippen LogP contribution in [-0.2, 0) is 96.5 Å². The van der Waals surface area contributed by atoms with E-state index in [2.05, 4.69) is 78.9 Å². The summed E-state index contributed by atoms with van der Waals surface area (Å²) in [6.07, 6.45) is -15.3. The first-order chi connectivity index (χ1) is 46.5. The molecule has 4 aliphatic heterocycles. The summed E-state index contributed by atoms with van der Waals surface area (Å²) >= 11 is 17.5. The highest BCUT2D eigenvalue weighted by Gasteiger charge is 2.54. The number of aliphatic hydroxyl groups excluding tert-OH is 1. The van der Waals surface area contributed by atoms with E-state index in [1.54, 1.807) is 13.8 Å². The summed E-state index contributed by atoms with van der Waals surface area (Å²) in [5, 5.41) is 9.41. The maximum absolute atomic E-state index is 14.7. The molecular formula is C49H72N11O29P5S5. The van der Waals surface area contributed by atoms with E-state index in [0.29, 0.717) is 11.4 Å². The van der Waals surface area contributed by atoms with Gasteiger partial charge in [0.25, 0.3) is 22.2 Å². The average molecular weight is 1590 g/mol. The molecule has 4 saturated heterocycles. The Morgan fingerprint density at radius 2 is 1.01 bits per heavy atom. The van der Waals surface area contributed by atoms with Crippen LogP contribution in [0.3, 0.4) is 0 Å². The Morgan fingerprint density at radius 1 is 0.586 bits per heavy atom. The third-order valence-electron chi connectivity index (χ3n) is 15.3. The molecule has 40 nitrogen and oxygen atoms in total. The molecule has 5 aromatic heterocycles. The fraction of sp³-hybridized carbons (Fsp3) is 0.653. The van der Waals surface area contributed by atoms with E-state index in [4.69, 9.17) is 79.4 Å². The van der Waals surface area contributed by atoms with Gasteiger partial charge in [-0.25, -0.2) is 42.2 Å². The van der Waals surface area contributed by atoms with Crippen molar-refractivity contribution in [3.63, 3.8) is 0 Å². The largest absolute Gasteiger partial charge is 0.396 e. The van der Waals surface area contributed by atoms with Gasteiger partial charge in [0.05, 0.1) is 45.5 Å². The van der Waals surface area contributed by atoms with Crippen LogP contribution in [0.5, 0.6) is 0 Å². The molecule has 9 rings (SSSR count). The van der Waals surface area contributed by atoms with Crippen molar-refractivity contribution in [1.82, 2.24) is 48.2 Å². The van der Waals surface area contributed by atoms with Crippen LogP contribution in [0.2, 0.25) is 0 Å². The molecule has 7 N–H and O–H groups in total. The summed E-state index contributed by atoms with van der Waals surface area (Å²) in [5.41, 5.74) is 0.0772. The number of thiol groups is 4. The monoisotopic (exact) mass is 1590 g/mol. The number of aromatic nitrogens is 10. The Morgan fingerprint density at radius 3 is 1.46 bits per heavy atom. The van der Waals surface area contributed by atoms with Crippen molar-refractivity contribution in [2.45, 2.75) is 146 Å². The summed E-state index contributed by atoms with van der Waals surface area (Å²) in [6, 6.07) is 0. The molecule has 0 saturated carbocycles. The highest BCUT2D eigenvalue weighted by atomic mass is 32.7. The first-order valence-corrected chi connectivity index (χ1v) is 43.7. The van der Waals surface area contributed by atoms with Crippen LogP contribution >= 0.6 is 94.4 Å². The Kier molecular flexibility index (Phi) is 26.4. The summed E-state index contributed by atoms with van der Waals surface area (Å²) in [6.45, 7) is -18.9. The molecule has 9 heterocycles. The van der Waals surface area contributed by atoms with Crippen LogP contribution in [0.15, 0.2) is 58.5 Å². The van der Waals surface area contributed by atoms with Gasteiger partial charge in [0.15, 0.2) is 23.6 Å². The van der Waals surface area contributed by atoms with Gasteiger partial charge in [0, 0.05) is 68.9 Å². The number of hydrogen-bond acceptors (Lipinski definition) is 33. The van der Waals surface area contributed by atoms with E-state index in [9.17, 15) is 61.5 Å². The van der Waals surface area contributed by atoms with E-state index in [-0.39, 0.29) is 59.9 Å². The molecule has 0 aliphatic carbocycles. The zero-order chi connectivity index (χ0) is 72.4. The highest BCUT2D eigenvalue weighted by molar-refractivity contribution is 8.54. The fourth-order valence-electron chi connectivity index (χ4n) is 10.7. The summed E-state index contributed by atoms with van der Waals surface area (Å²) in [5.74, 6) is -0.252. The number of methoxy groups -OCH3 is 2. The van der Waals surface area contributed by atoms with E-state index in [1.165, 1.54) is 57.4 Å². The summed E-state index contributed by atoms with van der Waals surface area (Å²) < 4.78 is 170. The van der Waals surface area contributed by atoms with Gasteiger partial charge in [-0.05, 0) is 58.7 Å². The first kappa shape index (κ1) is 79.5. The topological polar surface area (TPSA) is 507 Å². The number of anilines is 1. The van der Waals surface area contributed by atoms with Gasteiger partial charge in [-0.3, -0.25) is 98.1 Å². The van der Waals surface area contributed by atoms with Gasteiger partial charge in [-0.2, -0.15) is 4.98 Å². The minimum atomic E-state index is -4.89. The molecule has 5 aromatic rings. The average Bonchev–Trinajstić information content (AvgIpc) is 1.65. The number of H-pyrrole nitrogens is 4. The standard InChI is InChI=1S/C49H72N11O29P5S5/c1-22(2)85-90(69,95)77-17-29-27(13-33(82-29)60-21-51-34-39(60)52-46(50)53-43(34)65)87-91(70,96)78-18-28-26(12-32(81-28)57-14-23(3)40(62)54-47(57)66)86-92(71,97)79-19-30-35(37(74-6)44(83-30)58-15-24(4)41(63)55-48(58)67)88-93(72,98)80-20-31-36(89-94(73,99-8)76-11-9-10-61)38(75-7)45(84-31)59-16-25(5)42(64)56-49(59)68/h14-16,21-22,26-33,35-38,44-45,61H,9-13,17-20H2,1-8H3,(H,69,95)(H,70,96)(H,71,97)(H,72,98)(H,54,62,66)(H,55,63,67)(H,56,64,68)(H3,50,52,53,65)/t26?,27?,28-,29-,30-,31-,32-,33-,35?,36?,37+,38+,44-,45-,90?,91?,92?,93?,94?/m1/s1. The molecule has 552 valence electrons. The number of nitrogens with one attached hydrogen (secondary N) is 4. The maximum atomic E-state index is 14.7. The van der Waals surface area contributed by atoms with E-state index < -0.39 is 198 Å². The molecule has 0 amide bonds. The Labute approximate surface area is 584 Å². The van der Waals surface area contributed by atoms with Gasteiger partial charge >= 0.3 is 51.1 Å². The minimum Gasteiger partial charge on any atom is -0.396 e. The SMILES string of the molecule is CO[C@H]1C(OP(=O)(S)OC[C@H]2O[C@@H](n3cc(C)c(=O)[nH]c3=O)[C@@H](OC)C2OP(=O)(OCCCO)SC)[C@@H](COP(=O)(S)OC2C[C@H](n3cc(C)c(=O)[nH]c3=O)O[C@@H]2COP(=O)(S)OC2C[C@H](n3cnc4c(=O)[nH]c(N)nc43)O[C@@H]2COP(=O)(S)OC(C)C)O[C@H]1n1cc(C)c(=O)[nH]c1=O. The van der Waals surface area contributed by atoms with Crippen molar-refractivity contribution in [1.29, 1.82) is 0 Å². The predicted molar refractivity (Wildman–Crippen MR) is 362 cm³/mol. The third-order valence-corrected chi connectivity index (χ3v) is 25.4. The molecule has 50 heteroatoms. The molecule has 0 spiro atoms. The molecule has 4 fully saturated rings. The molecule has 4 aliphatic rings. The minimum absolute atomic E-state index is 0.00840. The van der Waals surface area contributed by atoms with Gasteiger partial charge < -0.3 is 43.8 Å². The van der Waals surface area contributed by atoms with Crippen molar-refractivity contribution >= 4 is 111 Å². The molecule has 0 radical (unpaired) electrons. The Bertz CT molecular complexity index is 4440. The number of nitrogens with zero attached hydrogens (tertiary/aromatic N) is 6. The van der Waals surface area contributed by atoms with Crippen LogP contribution in [0.4, 0.5) is 5.95 Å². The lowest BCUT2D eigenvalue weighted by molar-refractivity contribution is -0.0625. The highest BCUT2D eigenvalue weighted by Crippen LogP contribution is 2.64. The van der Waals surface area contributed by atoms with Crippen LogP contribution in [-0.4, -0.2) is 181 Å². The van der Waals surface area contributed by atoms with Crippen LogP contribution in [0.1, 0.15) is 74.7 Å². The molecular weight excluding hydrogens is 1520 g/mol. The third kappa shape index (κ3) is 19.5. The van der Waals surface area contributed by atoms with E-state index >= 15 is 0 Å². The van der Waals surface area contributed by atoms with Gasteiger partial charge in [0.1, 0.15) is 73.5 Å². The molecule has 0 bridgehead atoms. The lowest BCUT2D eigenvalue weighted by Crippen LogP contribution is -2.40. The number of hydrogen-bond donors (Lipinski definition) is 10. The second-order valence-corrected chi connectivity index (χ2v) is 38.3. The molecule has 99 heavy (non-hydrogen) atoms. The quantitative estimate of drug-likeness (QED) is 0.0162. The Balaban J connectivity index is 0.957. The van der Waals surface area contributed by atoms with Gasteiger partial charge in [-0.1, -0.05) is 49.0 Å². The zero-order valence-electron chi connectivity index (χ0n) is 53.4. The number of aryl methyl sites for hydroxylation is 3. The number of aliphatic hydroxyl groups is 1. The van der Waals surface area contributed by atoms with Crippen molar-refractivity contribution in [2.24, 2.45) is 0 Å². The smallest absolute Gasteiger partial charge is 0.389 e. The normalized spacial score (nSPS) is 28.8. The lowest BCUT2D eigenvalue weighted by Gasteiger charge is -2.28. The number of rotatable bonds is 33. The maximum Gasteiger partial charge on any atom is 0.389 e. The number of ether oxygens (including phenoxy) is 6. The van der Waals surface area contributed by atoms with Crippen molar-refractivity contribution in [2.75, 3.05) is 65.9 Å². The van der Waals surface area contributed by atoms with Crippen LogP contribution in [0.25, 0.3) is 11.2 Å².